The van der Waals surface area contributed by atoms with Gasteiger partial charge in [-0.05, 0) is 37.5 Å². The molecule has 0 spiro atoms. The number of rotatable bonds is 4. The molecule has 3 heteroatoms. The van der Waals surface area contributed by atoms with Crippen molar-refractivity contribution in [2.24, 2.45) is 5.10 Å². The normalized spacial score (nSPS) is 10.8. The maximum absolute atomic E-state index is 11.9. The summed E-state index contributed by atoms with van der Waals surface area (Å²) in [5, 5.41) is 3.99. The highest BCUT2D eigenvalue weighted by Gasteiger charge is 2.04. The van der Waals surface area contributed by atoms with Crippen LogP contribution in [0.5, 0.6) is 0 Å². The van der Waals surface area contributed by atoms with Crippen molar-refractivity contribution in [3.63, 3.8) is 0 Å². The van der Waals surface area contributed by atoms with Gasteiger partial charge >= 0.3 is 0 Å². The highest BCUT2D eigenvalue weighted by atomic mass is 16.2. The van der Waals surface area contributed by atoms with Crippen LogP contribution in [0, 0.1) is 20.8 Å². The lowest BCUT2D eigenvalue weighted by Crippen LogP contribution is -2.20. The summed E-state index contributed by atoms with van der Waals surface area (Å²) in [5.74, 6) is -0.106. The molecule has 0 aliphatic rings. The van der Waals surface area contributed by atoms with Crippen molar-refractivity contribution in [2.75, 3.05) is 0 Å². The van der Waals surface area contributed by atoms with Gasteiger partial charge in [0.15, 0.2) is 0 Å². The molecule has 2 rings (SSSR count). The smallest absolute Gasteiger partial charge is 0.244 e. The fourth-order valence-electron chi connectivity index (χ4n) is 2.09. The molecule has 3 nitrogen and oxygen atoms in total. The van der Waals surface area contributed by atoms with E-state index in [-0.39, 0.29) is 5.91 Å². The molecule has 0 saturated heterocycles. The van der Waals surface area contributed by atoms with Gasteiger partial charge in [-0.25, -0.2) is 5.43 Å². The third-order valence-corrected chi connectivity index (χ3v) is 3.33. The van der Waals surface area contributed by atoms with Crippen molar-refractivity contribution in [3.8, 4) is 0 Å². The van der Waals surface area contributed by atoms with E-state index in [1.54, 1.807) is 6.21 Å². The Morgan fingerprint density at radius 2 is 1.71 bits per heavy atom. The number of benzene rings is 2. The Bertz CT molecular complexity index is 657. The van der Waals surface area contributed by atoms with Crippen LogP contribution >= 0.6 is 0 Å². The molecule has 21 heavy (non-hydrogen) atoms. The van der Waals surface area contributed by atoms with Gasteiger partial charge in [0.1, 0.15) is 0 Å². The molecule has 0 unspecified atom stereocenters. The Morgan fingerprint density at radius 1 is 1.05 bits per heavy atom. The van der Waals surface area contributed by atoms with E-state index in [2.05, 4.69) is 16.6 Å². The van der Waals surface area contributed by atoms with Gasteiger partial charge in [0.05, 0.1) is 12.6 Å². The highest BCUT2D eigenvalue weighted by molar-refractivity contribution is 5.83. The minimum atomic E-state index is -0.106. The number of carbonyl (C=O) groups excluding carboxylic acids is 1. The molecule has 2 aromatic rings. The molecule has 0 aliphatic carbocycles. The number of nitrogens with one attached hydrogen (secondary N) is 1. The lowest BCUT2D eigenvalue weighted by Gasteiger charge is -2.05. The molecular formula is C18H20N2O. The van der Waals surface area contributed by atoms with Crippen LogP contribution in [0.1, 0.15) is 27.8 Å². The van der Waals surface area contributed by atoms with E-state index < -0.39 is 0 Å². The summed E-state index contributed by atoms with van der Waals surface area (Å²) in [5.41, 5.74) is 8.10. The zero-order chi connectivity index (χ0) is 15.2. The first-order valence-electron chi connectivity index (χ1n) is 6.99. The summed E-state index contributed by atoms with van der Waals surface area (Å²) in [6.07, 6.45) is 2.00. The number of amides is 1. The van der Waals surface area contributed by atoms with Crippen LogP contribution in [0.2, 0.25) is 0 Å². The first-order chi connectivity index (χ1) is 10.0. The van der Waals surface area contributed by atoms with Crippen LogP contribution < -0.4 is 5.43 Å². The zero-order valence-electron chi connectivity index (χ0n) is 12.7. The number of hydrogen-bond acceptors (Lipinski definition) is 2. The lowest BCUT2D eigenvalue weighted by atomic mass is 10.0. The van der Waals surface area contributed by atoms with Crippen LogP contribution in [-0.4, -0.2) is 12.1 Å². The topological polar surface area (TPSA) is 41.5 Å². The summed E-state index contributed by atoms with van der Waals surface area (Å²) >= 11 is 0. The van der Waals surface area contributed by atoms with Gasteiger partial charge in [0.25, 0.3) is 0 Å². The molecule has 1 N–H and O–H groups in total. The quantitative estimate of drug-likeness (QED) is 0.677. The monoisotopic (exact) mass is 280 g/mol. The first kappa shape index (κ1) is 15.0. The predicted octanol–water partition coefficient (Wildman–Crippen LogP) is 3.30. The van der Waals surface area contributed by atoms with E-state index in [0.29, 0.717) is 6.42 Å². The van der Waals surface area contributed by atoms with Gasteiger partial charge < -0.3 is 0 Å². The Balaban J connectivity index is 1.91. The van der Waals surface area contributed by atoms with Crippen LogP contribution in [0.3, 0.4) is 0 Å². The number of aryl methyl sites for hydroxylation is 3. The molecule has 0 heterocycles. The number of nitrogens with zero attached hydrogens (tertiary/aromatic N) is 1. The maximum atomic E-state index is 11.9. The summed E-state index contributed by atoms with van der Waals surface area (Å²) in [6, 6.07) is 14.1. The van der Waals surface area contributed by atoms with E-state index in [1.165, 1.54) is 11.1 Å². The van der Waals surface area contributed by atoms with Gasteiger partial charge in [-0.1, -0.05) is 53.6 Å². The Morgan fingerprint density at radius 3 is 2.38 bits per heavy atom. The Labute approximate surface area is 125 Å². The van der Waals surface area contributed by atoms with Crippen LogP contribution in [0.25, 0.3) is 0 Å². The fourth-order valence-corrected chi connectivity index (χ4v) is 2.09. The van der Waals surface area contributed by atoms with Gasteiger partial charge in [0, 0.05) is 0 Å². The fraction of sp³-hybridized carbons (Fsp3) is 0.222. The first-order valence-corrected chi connectivity index (χ1v) is 6.99. The van der Waals surface area contributed by atoms with E-state index in [0.717, 1.165) is 16.7 Å². The van der Waals surface area contributed by atoms with Crippen LogP contribution in [0.4, 0.5) is 0 Å². The molecule has 0 saturated carbocycles. The molecule has 0 aromatic heterocycles. The van der Waals surface area contributed by atoms with E-state index in [4.69, 9.17) is 0 Å². The second-order valence-electron chi connectivity index (χ2n) is 5.31. The summed E-state index contributed by atoms with van der Waals surface area (Å²) in [7, 11) is 0. The molecular weight excluding hydrogens is 260 g/mol. The number of hydrazone groups is 1. The van der Waals surface area contributed by atoms with Crippen LogP contribution in [-0.2, 0) is 11.2 Å². The standard InChI is InChI=1S/C18H20N2O/c1-13-4-7-16(8-5-13)12-19-20-18(21)11-17-9-6-14(2)10-15(17)3/h4-10,12H,11H2,1-3H3,(H,20,21)/b19-12-. The minimum absolute atomic E-state index is 0.106. The van der Waals surface area contributed by atoms with E-state index in [9.17, 15) is 4.79 Å². The third kappa shape index (κ3) is 4.56. The molecule has 0 fully saturated rings. The summed E-state index contributed by atoms with van der Waals surface area (Å²) < 4.78 is 0. The Kier molecular flexibility index (Phi) is 4.88. The predicted molar refractivity (Wildman–Crippen MR) is 86.5 cm³/mol. The summed E-state index contributed by atoms with van der Waals surface area (Å²) in [6.45, 7) is 6.10. The molecule has 0 aliphatic heterocycles. The highest BCUT2D eigenvalue weighted by Crippen LogP contribution is 2.11. The van der Waals surface area contributed by atoms with Gasteiger partial charge in [-0.15, -0.1) is 0 Å². The molecule has 2 aromatic carbocycles. The molecule has 1 amide bonds. The lowest BCUT2D eigenvalue weighted by molar-refractivity contribution is -0.120. The van der Waals surface area contributed by atoms with Crippen molar-refractivity contribution in [1.29, 1.82) is 0 Å². The summed E-state index contributed by atoms with van der Waals surface area (Å²) in [4.78, 5) is 11.9. The number of hydrogen-bond donors (Lipinski definition) is 1. The second-order valence-corrected chi connectivity index (χ2v) is 5.31. The van der Waals surface area contributed by atoms with Crippen molar-refractivity contribution in [2.45, 2.75) is 27.2 Å². The minimum Gasteiger partial charge on any atom is -0.273 e. The van der Waals surface area contributed by atoms with Crippen molar-refractivity contribution >= 4 is 12.1 Å². The van der Waals surface area contributed by atoms with E-state index >= 15 is 0 Å². The van der Waals surface area contributed by atoms with Gasteiger partial charge in [-0.3, -0.25) is 4.79 Å². The SMILES string of the molecule is Cc1ccc(/C=N\NC(=O)Cc2ccc(C)cc2C)cc1. The molecule has 0 radical (unpaired) electrons. The van der Waals surface area contributed by atoms with Crippen molar-refractivity contribution < 1.29 is 4.79 Å². The number of carbonyl (C=O) groups is 1. The maximum Gasteiger partial charge on any atom is 0.244 e. The van der Waals surface area contributed by atoms with Gasteiger partial charge in [0.2, 0.25) is 5.91 Å². The average molecular weight is 280 g/mol. The molecule has 0 bridgehead atoms. The van der Waals surface area contributed by atoms with Crippen molar-refractivity contribution in [1.82, 2.24) is 5.43 Å². The largest absolute Gasteiger partial charge is 0.273 e. The van der Waals surface area contributed by atoms with Crippen molar-refractivity contribution in [3.05, 3.63) is 70.3 Å². The van der Waals surface area contributed by atoms with Crippen LogP contribution in [0.15, 0.2) is 47.6 Å². The molecule has 0 atom stereocenters. The zero-order valence-corrected chi connectivity index (χ0v) is 12.7. The third-order valence-electron chi connectivity index (χ3n) is 3.33. The van der Waals surface area contributed by atoms with Gasteiger partial charge in [-0.2, -0.15) is 5.10 Å². The van der Waals surface area contributed by atoms with E-state index in [1.807, 2.05) is 57.2 Å². The second kappa shape index (κ2) is 6.84. The average Bonchev–Trinajstić information content (AvgIpc) is 2.44. The molecule has 108 valence electrons. The Hall–Kier alpha value is -2.42.